The first-order valence-corrected chi connectivity index (χ1v) is 13.5. The van der Waals surface area contributed by atoms with E-state index >= 15 is 0 Å². The first-order valence-electron chi connectivity index (χ1n) is 13.5. The van der Waals surface area contributed by atoms with Gasteiger partial charge in [0, 0.05) is 30.4 Å². The van der Waals surface area contributed by atoms with Gasteiger partial charge in [-0.25, -0.2) is 0 Å². The van der Waals surface area contributed by atoms with E-state index in [0.29, 0.717) is 18.0 Å². The monoisotopic (exact) mass is 495 g/mol. The van der Waals surface area contributed by atoms with E-state index in [9.17, 15) is 0 Å². The SMILES string of the molecule is CC[C@H]1C[N+]2(C)CCc3cc(OC)c(OC)cc3[C@@H]2C[C@H]1C[C@H]1NCCc2cc(OC)c(OC)cc21. The molecule has 2 aromatic carbocycles. The standard InChI is InChI=1S/C30H43N2O4/c1-7-19-18-32(2)11-9-21-15-28(34-4)30(36-6)17-24(21)26(32)13-22(19)12-25-23-16-29(35-5)27(33-3)14-20(23)8-10-31-25/h14-17,19,22,25-26,31H,7-13,18H2,1-6H3/q+1/t19-,22+,25+,26-,32?/m0/s1. The number of piperidine rings is 1. The zero-order valence-corrected chi connectivity index (χ0v) is 22.9. The Labute approximate surface area is 216 Å². The first kappa shape index (κ1) is 25.2. The maximum Gasteiger partial charge on any atom is 0.161 e. The van der Waals surface area contributed by atoms with Crippen LogP contribution < -0.4 is 24.3 Å². The molecule has 3 aliphatic rings. The molecule has 36 heavy (non-hydrogen) atoms. The fourth-order valence-electron chi connectivity index (χ4n) is 7.33. The maximum atomic E-state index is 5.72. The van der Waals surface area contributed by atoms with Gasteiger partial charge in [-0.2, -0.15) is 0 Å². The average Bonchev–Trinajstić information content (AvgIpc) is 2.91. The van der Waals surface area contributed by atoms with Crippen molar-refractivity contribution in [1.82, 2.24) is 5.32 Å². The summed E-state index contributed by atoms with van der Waals surface area (Å²) in [4.78, 5) is 0. The smallest absolute Gasteiger partial charge is 0.161 e. The van der Waals surface area contributed by atoms with Gasteiger partial charge < -0.3 is 28.7 Å². The van der Waals surface area contributed by atoms with Crippen molar-refractivity contribution < 1.29 is 23.4 Å². The normalized spacial score (nSPS) is 28.9. The Morgan fingerprint density at radius 3 is 2.00 bits per heavy atom. The quantitative estimate of drug-likeness (QED) is 0.543. The van der Waals surface area contributed by atoms with Crippen LogP contribution in [0.3, 0.4) is 0 Å². The second-order valence-electron chi connectivity index (χ2n) is 11.1. The lowest BCUT2D eigenvalue weighted by molar-refractivity contribution is -0.951. The molecule has 0 saturated carbocycles. The molecule has 0 amide bonds. The van der Waals surface area contributed by atoms with Crippen LogP contribution in [0, 0.1) is 11.8 Å². The number of likely N-dealkylation sites (N-methyl/N-ethyl adjacent to an activating group) is 1. The van der Waals surface area contributed by atoms with Crippen LogP contribution in [0.4, 0.5) is 0 Å². The highest BCUT2D eigenvalue weighted by Crippen LogP contribution is 2.50. The van der Waals surface area contributed by atoms with Crippen LogP contribution in [0.2, 0.25) is 0 Å². The maximum absolute atomic E-state index is 5.72. The predicted octanol–water partition coefficient (Wildman–Crippen LogP) is 5.09. The van der Waals surface area contributed by atoms with Crippen molar-refractivity contribution in [2.75, 3.05) is 55.1 Å². The zero-order valence-electron chi connectivity index (χ0n) is 22.9. The van der Waals surface area contributed by atoms with Crippen LogP contribution in [-0.2, 0) is 12.8 Å². The third-order valence-electron chi connectivity index (χ3n) is 9.36. The van der Waals surface area contributed by atoms with Crippen molar-refractivity contribution in [2.45, 2.75) is 51.1 Å². The molecule has 0 radical (unpaired) electrons. The van der Waals surface area contributed by atoms with Gasteiger partial charge in [0.25, 0.3) is 0 Å². The highest BCUT2D eigenvalue weighted by molar-refractivity contribution is 5.50. The summed E-state index contributed by atoms with van der Waals surface area (Å²) >= 11 is 0. The summed E-state index contributed by atoms with van der Waals surface area (Å²) in [5.74, 6) is 4.73. The van der Waals surface area contributed by atoms with Crippen molar-refractivity contribution in [2.24, 2.45) is 11.8 Å². The lowest BCUT2D eigenvalue weighted by Crippen LogP contribution is -2.58. The average molecular weight is 496 g/mol. The van der Waals surface area contributed by atoms with Crippen molar-refractivity contribution in [1.29, 1.82) is 0 Å². The number of rotatable bonds is 7. The zero-order chi connectivity index (χ0) is 25.4. The van der Waals surface area contributed by atoms with Gasteiger partial charge in [-0.15, -0.1) is 0 Å². The summed E-state index contributed by atoms with van der Waals surface area (Å²) in [5.41, 5.74) is 5.66. The van der Waals surface area contributed by atoms with Crippen molar-refractivity contribution in [3.05, 3.63) is 46.5 Å². The van der Waals surface area contributed by atoms with Crippen LogP contribution in [-0.4, -0.2) is 59.6 Å². The van der Waals surface area contributed by atoms with E-state index in [4.69, 9.17) is 18.9 Å². The second-order valence-corrected chi connectivity index (χ2v) is 11.1. The Bertz CT molecular complexity index is 1100. The molecule has 2 aromatic rings. The molecule has 5 atom stereocenters. The van der Waals surface area contributed by atoms with Crippen LogP contribution in [0.25, 0.3) is 0 Å². The van der Waals surface area contributed by atoms with Gasteiger partial charge in [-0.05, 0) is 72.7 Å². The minimum Gasteiger partial charge on any atom is -0.493 e. The molecule has 1 N–H and O–H groups in total. The van der Waals surface area contributed by atoms with Crippen LogP contribution in [0.1, 0.15) is 60.5 Å². The Morgan fingerprint density at radius 2 is 1.39 bits per heavy atom. The van der Waals surface area contributed by atoms with E-state index in [2.05, 4.69) is 43.6 Å². The summed E-state index contributed by atoms with van der Waals surface area (Å²) in [6, 6.07) is 9.72. The largest absolute Gasteiger partial charge is 0.493 e. The van der Waals surface area contributed by atoms with Crippen molar-refractivity contribution >= 4 is 0 Å². The molecule has 0 aromatic heterocycles. The Morgan fingerprint density at radius 1 is 0.806 bits per heavy atom. The number of methoxy groups -OCH3 is 4. The highest BCUT2D eigenvalue weighted by Gasteiger charge is 2.48. The molecule has 0 aliphatic carbocycles. The van der Waals surface area contributed by atoms with E-state index in [0.717, 1.165) is 59.2 Å². The predicted molar refractivity (Wildman–Crippen MR) is 142 cm³/mol. The minimum atomic E-state index is 0.345. The van der Waals surface area contributed by atoms with Crippen molar-refractivity contribution in [3.63, 3.8) is 0 Å². The number of nitrogens with one attached hydrogen (secondary N) is 1. The lowest BCUT2D eigenvalue weighted by Gasteiger charge is -2.53. The highest BCUT2D eigenvalue weighted by atomic mass is 16.5. The van der Waals surface area contributed by atoms with Crippen LogP contribution >= 0.6 is 0 Å². The summed E-state index contributed by atoms with van der Waals surface area (Å²) in [6.45, 7) is 5.82. The van der Waals surface area contributed by atoms with E-state index < -0.39 is 0 Å². The molecule has 1 saturated heterocycles. The van der Waals surface area contributed by atoms with E-state index in [1.54, 1.807) is 28.4 Å². The third kappa shape index (κ3) is 4.32. The molecular weight excluding hydrogens is 452 g/mol. The minimum absolute atomic E-state index is 0.345. The number of hydrogen-bond acceptors (Lipinski definition) is 5. The van der Waals surface area contributed by atoms with Gasteiger partial charge in [-0.3, -0.25) is 0 Å². The second kappa shape index (κ2) is 10.1. The molecule has 196 valence electrons. The van der Waals surface area contributed by atoms with Gasteiger partial charge in [0.2, 0.25) is 0 Å². The topological polar surface area (TPSA) is 49.0 Å². The van der Waals surface area contributed by atoms with Crippen molar-refractivity contribution in [3.8, 4) is 23.0 Å². The van der Waals surface area contributed by atoms with Gasteiger partial charge in [0.1, 0.15) is 6.04 Å². The molecule has 6 nitrogen and oxygen atoms in total. The number of ether oxygens (including phenoxy) is 4. The molecule has 3 aliphatic heterocycles. The van der Waals surface area contributed by atoms with E-state index in [1.165, 1.54) is 48.2 Å². The van der Waals surface area contributed by atoms with Crippen LogP contribution in [0.5, 0.6) is 23.0 Å². The fourth-order valence-corrected chi connectivity index (χ4v) is 7.33. The molecule has 0 bridgehead atoms. The number of fused-ring (bicyclic) bond motifs is 4. The molecule has 1 fully saturated rings. The Kier molecular flexibility index (Phi) is 7.10. The summed E-state index contributed by atoms with van der Waals surface area (Å²) in [6.07, 6.45) is 5.72. The summed E-state index contributed by atoms with van der Waals surface area (Å²) in [5, 5.41) is 3.85. The van der Waals surface area contributed by atoms with Gasteiger partial charge in [-0.1, -0.05) is 6.92 Å². The molecule has 5 rings (SSSR count). The molecule has 1 unspecified atom stereocenters. The van der Waals surface area contributed by atoms with E-state index in [1.807, 2.05) is 0 Å². The van der Waals surface area contributed by atoms with Gasteiger partial charge in [0.15, 0.2) is 23.0 Å². The summed E-state index contributed by atoms with van der Waals surface area (Å²) in [7, 11) is 9.40. The van der Waals surface area contributed by atoms with E-state index in [-0.39, 0.29) is 0 Å². The summed E-state index contributed by atoms with van der Waals surface area (Å²) < 4.78 is 23.8. The fraction of sp³-hybridized carbons (Fsp3) is 0.600. The Balaban J connectivity index is 1.46. The first-order chi connectivity index (χ1) is 17.4. The van der Waals surface area contributed by atoms with Gasteiger partial charge >= 0.3 is 0 Å². The molecule has 3 heterocycles. The number of benzene rings is 2. The van der Waals surface area contributed by atoms with Gasteiger partial charge in [0.05, 0.1) is 48.6 Å². The van der Waals surface area contributed by atoms with Crippen LogP contribution in [0.15, 0.2) is 24.3 Å². The lowest BCUT2D eigenvalue weighted by atomic mass is 9.71. The Hall–Kier alpha value is -2.44. The molecular formula is C30H43N2O4+. The number of nitrogens with zero attached hydrogens (tertiary/aromatic N) is 1. The number of hydrogen-bond donors (Lipinski definition) is 1. The molecule has 0 spiro atoms. The molecule has 6 heteroatoms. The number of quaternary nitrogens is 1. The third-order valence-corrected chi connectivity index (χ3v) is 9.36.